The maximum atomic E-state index is 13.7. The number of rotatable bonds is 6. The minimum atomic E-state index is -5.43. The second-order valence-corrected chi connectivity index (χ2v) is 9.19. The molecule has 0 fully saturated rings. The predicted octanol–water partition coefficient (Wildman–Crippen LogP) is 5.82. The highest BCUT2D eigenvalue weighted by atomic mass is 32.2. The van der Waals surface area contributed by atoms with Gasteiger partial charge in [-0.15, -0.1) is 0 Å². The molecule has 6 nitrogen and oxygen atoms in total. The molecule has 0 saturated heterocycles. The summed E-state index contributed by atoms with van der Waals surface area (Å²) in [5.74, 6) is -5.95. The summed E-state index contributed by atoms with van der Waals surface area (Å²) in [5.41, 5.74) is -4.71. The number of halogens is 7. The molecule has 0 bridgehead atoms. The Labute approximate surface area is 198 Å². The number of carbonyl (C=O) groups is 1. The standard InChI is InChI=1S/C22H13F7O6S/c23-12-1-4-14(5-2-12)36(33,34)18-10-13(3-6-17(18)30)35-20-15(21(24,25)26)7-11(9-19(31)32)8-16(20)22(27,28)29/h1-8,10,30H,9H2,(H,31,32). The zero-order valence-electron chi connectivity index (χ0n) is 17.5. The van der Waals surface area contributed by atoms with E-state index in [4.69, 9.17) is 9.84 Å². The summed E-state index contributed by atoms with van der Waals surface area (Å²) in [6.45, 7) is 0. The Morgan fingerprint density at radius 1 is 0.861 bits per heavy atom. The number of carboxylic acid groups (broad SMARTS) is 1. The number of alkyl halides is 6. The average molecular weight is 538 g/mol. The smallest absolute Gasteiger partial charge is 0.420 e. The van der Waals surface area contributed by atoms with Gasteiger partial charge >= 0.3 is 18.3 Å². The third kappa shape index (κ3) is 5.70. The lowest BCUT2D eigenvalue weighted by Gasteiger charge is -2.21. The van der Waals surface area contributed by atoms with Gasteiger partial charge in [-0.1, -0.05) is 0 Å². The first-order valence-corrected chi connectivity index (χ1v) is 11.0. The molecule has 36 heavy (non-hydrogen) atoms. The Balaban J connectivity index is 2.19. The normalized spacial score (nSPS) is 12.4. The van der Waals surface area contributed by atoms with Gasteiger partial charge in [0.25, 0.3) is 0 Å². The van der Waals surface area contributed by atoms with Gasteiger partial charge in [-0.3, -0.25) is 4.79 Å². The molecule has 0 aromatic heterocycles. The van der Waals surface area contributed by atoms with Crippen molar-refractivity contribution in [3.05, 3.63) is 77.1 Å². The van der Waals surface area contributed by atoms with Crippen molar-refractivity contribution in [2.45, 2.75) is 28.6 Å². The van der Waals surface area contributed by atoms with E-state index in [1.165, 1.54) is 0 Å². The number of phenolic OH excluding ortho intramolecular Hbond substituents is 1. The van der Waals surface area contributed by atoms with Crippen molar-refractivity contribution in [2.24, 2.45) is 0 Å². The van der Waals surface area contributed by atoms with E-state index in [0.29, 0.717) is 12.1 Å². The van der Waals surface area contributed by atoms with Gasteiger partial charge in [0.2, 0.25) is 9.84 Å². The van der Waals surface area contributed by atoms with Gasteiger partial charge in [0.05, 0.1) is 22.4 Å². The highest BCUT2D eigenvalue weighted by Gasteiger charge is 2.43. The van der Waals surface area contributed by atoms with Crippen molar-refractivity contribution in [3.63, 3.8) is 0 Å². The second-order valence-electron chi connectivity index (χ2n) is 7.28. The first-order chi connectivity index (χ1) is 16.5. The largest absolute Gasteiger partial charge is 0.507 e. The van der Waals surface area contributed by atoms with Crippen LogP contribution < -0.4 is 4.74 Å². The predicted molar refractivity (Wildman–Crippen MR) is 108 cm³/mol. The fraction of sp³-hybridized carbons (Fsp3) is 0.136. The highest BCUT2D eigenvalue weighted by molar-refractivity contribution is 7.91. The van der Waals surface area contributed by atoms with Crippen molar-refractivity contribution in [3.8, 4) is 17.2 Å². The van der Waals surface area contributed by atoms with Crippen molar-refractivity contribution < 1.29 is 58.9 Å². The van der Waals surface area contributed by atoms with Gasteiger partial charge < -0.3 is 14.9 Å². The van der Waals surface area contributed by atoms with Gasteiger partial charge in [-0.25, -0.2) is 12.8 Å². The van der Waals surface area contributed by atoms with E-state index in [-0.39, 0.29) is 12.1 Å². The van der Waals surface area contributed by atoms with E-state index in [9.17, 15) is 49.1 Å². The molecule has 2 N–H and O–H groups in total. The monoisotopic (exact) mass is 538 g/mol. The van der Waals surface area contributed by atoms with Crippen molar-refractivity contribution in [2.75, 3.05) is 0 Å². The summed E-state index contributed by atoms with van der Waals surface area (Å²) in [4.78, 5) is 9.41. The summed E-state index contributed by atoms with van der Waals surface area (Å²) in [7, 11) is -4.60. The van der Waals surface area contributed by atoms with Crippen LogP contribution >= 0.6 is 0 Å². The van der Waals surface area contributed by atoms with Crippen LogP contribution in [0.4, 0.5) is 30.7 Å². The van der Waals surface area contributed by atoms with Crippen LogP contribution in [-0.2, 0) is 33.4 Å². The molecule has 0 heterocycles. The van der Waals surface area contributed by atoms with Crippen LogP contribution in [0, 0.1) is 5.82 Å². The maximum Gasteiger partial charge on any atom is 0.420 e. The summed E-state index contributed by atoms with van der Waals surface area (Å²) in [5, 5.41) is 18.8. The summed E-state index contributed by atoms with van der Waals surface area (Å²) < 4.78 is 126. The van der Waals surface area contributed by atoms with E-state index in [2.05, 4.69) is 0 Å². The van der Waals surface area contributed by atoms with Crippen LogP contribution in [0.15, 0.2) is 64.4 Å². The van der Waals surface area contributed by atoms with E-state index in [1.807, 2.05) is 0 Å². The summed E-state index contributed by atoms with van der Waals surface area (Å²) in [6, 6.07) is 5.49. The number of aromatic hydroxyl groups is 1. The summed E-state index contributed by atoms with van der Waals surface area (Å²) >= 11 is 0. The van der Waals surface area contributed by atoms with Crippen LogP contribution in [0.25, 0.3) is 0 Å². The maximum absolute atomic E-state index is 13.7. The zero-order valence-corrected chi connectivity index (χ0v) is 18.3. The minimum Gasteiger partial charge on any atom is -0.507 e. The molecule has 0 saturated carbocycles. The van der Waals surface area contributed by atoms with Crippen LogP contribution in [0.1, 0.15) is 16.7 Å². The third-order valence-corrected chi connectivity index (χ3v) is 6.48. The number of phenols is 1. The first-order valence-electron chi connectivity index (χ1n) is 9.55. The number of carboxylic acids is 1. The fourth-order valence-electron chi connectivity index (χ4n) is 3.13. The quantitative estimate of drug-likeness (QED) is 0.303. The first kappa shape index (κ1) is 26.8. The third-order valence-electron chi connectivity index (χ3n) is 4.68. The van der Waals surface area contributed by atoms with Gasteiger partial charge in [0.15, 0.2) is 5.75 Å². The summed E-state index contributed by atoms with van der Waals surface area (Å²) in [6.07, 6.45) is -12.0. The minimum absolute atomic E-state index is 0.176. The number of hydrogen-bond acceptors (Lipinski definition) is 5. The van der Waals surface area contributed by atoms with Crippen LogP contribution in [0.2, 0.25) is 0 Å². The van der Waals surface area contributed by atoms with Crippen LogP contribution in [0.5, 0.6) is 17.2 Å². The SMILES string of the molecule is O=C(O)Cc1cc(C(F)(F)F)c(Oc2ccc(O)c(S(=O)(=O)c3ccc(F)cc3)c2)c(C(F)(F)F)c1. The van der Waals surface area contributed by atoms with E-state index in [0.717, 1.165) is 30.3 Å². The average Bonchev–Trinajstić information content (AvgIpc) is 2.74. The molecule has 3 aromatic carbocycles. The molecule has 192 valence electrons. The van der Waals surface area contributed by atoms with Gasteiger partial charge in [-0.05, 0) is 54.1 Å². The molecule has 0 aliphatic rings. The lowest BCUT2D eigenvalue weighted by Crippen LogP contribution is -2.16. The van der Waals surface area contributed by atoms with Gasteiger partial charge in [0.1, 0.15) is 22.2 Å². The number of ether oxygens (including phenoxy) is 1. The van der Waals surface area contributed by atoms with Gasteiger partial charge in [0, 0.05) is 6.07 Å². The molecule has 0 aliphatic heterocycles. The molecule has 0 aliphatic carbocycles. The topological polar surface area (TPSA) is 101 Å². The molecule has 0 unspecified atom stereocenters. The molecular formula is C22H13F7O6S. The van der Waals surface area contributed by atoms with Crippen LogP contribution in [0.3, 0.4) is 0 Å². The second kappa shape index (κ2) is 9.33. The van der Waals surface area contributed by atoms with Crippen molar-refractivity contribution in [1.29, 1.82) is 0 Å². The number of aliphatic carboxylic acids is 1. The van der Waals surface area contributed by atoms with Crippen LogP contribution in [-0.4, -0.2) is 24.6 Å². The molecule has 0 atom stereocenters. The van der Waals surface area contributed by atoms with Gasteiger partial charge in [-0.2, -0.15) is 26.3 Å². The Morgan fingerprint density at radius 3 is 1.86 bits per heavy atom. The van der Waals surface area contributed by atoms with E-state index >= 15 is 0 Å². The fourth-order valence-corrected chi connectivity index (χ4v) is 4.49. The molecule has 0 spiro atoms. The number of sulfone groups is 1. The molecule has 0 amide bonds. The Bertz CT molecular complexity index is 1380. The Morgan fingerprint density at radius 2 is 1.39 bits per heavy atom. The Kier molecular flexibility index (Phi) is 6.94. The lowest BCUT2D eigenvalue weighted by molar-refractivity contribution is -0.145. The van der Waals surface area contributed by atoms with E-state index < -0.39 is 84.1 Å². The molecule has 3 rings (SSSR count). The number of hydrogen-bond donors (Lipinski definition) is 2. The molecule has 14 heteroatoms. The van der Waals surface area contributed by atoms with Crippen molar-refractivity contribution in [1.82, 2.24) is 0 Å². The number of benzene rings is 3. The van der Waals surface area contributed by atoms with E-state index in [1.54, 1.807) is 0 Å². The zero-order chi connectivity index (χ0) is 27.1. The molecule has 3 aromatic rings. The van der Waals surface area contributed by atoms with Crippen molar-refractivity contribution >= 4 is 15.8 Å². The molecule has 0 radical (unpaired) electrons. The lowest BCUT2D eigenvalue weighted by atomic mass is 10.0. The Hall–Kier alpha value is -3.81. The highest BCUT2D eigenvalue weighted by Crippen LogP contribution is 2.47. The molecular weight excluding hydrogens is 525 g/mol.